The molecule has 0 saturated carbocycles. The fraction of sp³-hybridized carbons (Fsp3) is 0.100. The molecule has 148 valence electrons. The molecule has 1 amide bonds. The van der Waals surface area contributed by atoms with E-state index in [4.69, 9.17) is 17.3 Å². The molecular weight excluding hydrogens is 390 g/mol. The number of aliphatic imine (C=N–C) groups is 1. The van der Waals surface area contributed by atoms with Gasteiger partial charge in [-0.2, -0.15) is 4.98 Å². The van der Waals surface area contributed by atoms with Gasteiger partial charge in [0.25, 0.3) is 0 Å². The molecule has 0 spiro atoms. The third-order valence-electron chi connectivity index (χ3n) is 4.15. The maximum atomic E-state index is 11.6. The molecule has 3 aromatic rings. The molecule has 1 aromatic carbocycles. The summed E-state index contributed by atoms with van der Waals surface area (Å²) in [6, 6.07) is 5.59. The maximum Gasteiger partial charge on any atom is 0.247 e. The second kappa shape index (κ2) is 8.57. The summed E-state index contributed by atoms with van der Waals surface area (Å²) in [5, 5.41) is 7.10. The molecule has 2 aromatic heterocycles. The average Bonchev–Trinajstić information content (AvgIpc) is 3.04. The van der Waals surface area contributed by atoms with Gasteiger partial charge in [0, 0.05) is 24.3 Å². The Hall–Kier alpha value is -3.65. The van der Waals surface area contributed by atoms with Crippen molar-refractivity contribution in [1.82, 2.24) is 14.5 Å². The Kier molecular flexibility index (Phi) is 5.94. The lowest BCUT2D eigenvalue weighted by Crippen LogP contribution is -2.13. The highest BCUT2D eigenvalue weighted by atomic mass is 35.5. The van der Waals surface area contributed by atoms with Gasteiger partial charge in [-0.05, 0) is 49.0 Å². The average molecular weight is 410 g/mol. The van der Waals surface area contributed by atoms with Crippen molar-refractivity contribution in [1.29, 1.82) is 0 Å². The second-order valence-electron chi connectivity index (χ2n) is 6.07. The Balaban J connectivity index is 2.05. The van der Waals surface area contributed by atoms with E-state index in [1.807, 2.05) is 35.9 Å². The predicted molar refractivity (Wildman–Crippen MR) is 118 cm³/mol. The van der Waals surface area contributed by atoms with Crippen molar-refractivity contribution in [2.24, 2.45) is 10.7 Å². The van der Waals surface area contributed by atoms with Crippen LogP contribution in [0.1, 0.15) is 5.56 Å². The number of aromatic nitrogens is 3. The standard InChI is InChI=1S/C20H20ClN7O/c1-4-18(29)25-13-5-6-16-14(9-13)12(2)11-28(16)19-15(21)10-24-20(27-19)26-17(23-3)7-8-22/h4-11H,1,22H2,2-3H3,(H,25,29)(H,23,24,26,27)/b8-7-. The van der Waals surface area contributed by atoms with Crippen LogP contribution in [0.15, 0.2) is 60.5 Å². The lowest BCUT2D eigenvalue weighted by molar-refractivity contribution is -0.111. The normalized spacial score (nSPS) is 11.8. The van der Waals surface area contributed by atoms with Crippen LogP contribution in [0.4, 0.5) is 11.6 Å². The van der Waals surface area contributed by atoms with Crippen molar-refractivity contribution in [3.05, 3.63) is 66.1 Å². The lowest BCUT2D eigenvalue weighted by Gasteiger charge is -2.10. The number of fused-ring (bicyclic) bond motifs is 1. The summed E-state index contributed by atoms with van der Waals surface area (Å²) in [5.41, 5.74) is 7.99. The molecule has 0 aliphatic carbocycles. The minimum Gasteiger partial charge on any atom is -0.404 e. The van der Waals surface area contributed by atoms with E-state index in [0.717, 1.165) is 16.5 Å². The molecule has 3 rings (SSSR count). The van der Waals surface area contributed by atoms with Gasteiger partial charge in [0.1, 0.15) is 10.9 Å². The van der Waals surface area contributed by atoms with E-state index >= 15 is 0 Å². The zero-order chi connectivity index (χ0) is 21.0. The summed E-state index contributed by atoms with van der Waals surface area (Å²) in [7, 11) is 1.63. The monoisotopic (exact) mass is 409 g/mol. The van der Waals surface area contributed by atoms with Crippen LogP contribution in [-0.4, -0.2) is 33.3 Å². The van der Waals surface area contributed by atoms with E-state index < -0.39 is 0 Å². The highest BCUT2D eigenvalue weighted by molar-refractivity contribution is 6.32. The molecule has 0 aliphatic heterocycles. The SMILES string of the molecule is C=CC(=O)Nc1ccc2c(c1)c(C)cn2-c1nc(NC(/C=C\N)=NC)ncc1Cl. The van der Waals surface area contributed by atoms with Gasteiger partial charge in [-0.1, -0.05) is 18.2 Å². The number of aryl methyl sites for hydroxylation is 1. The molecule has 0 unspecified atom stereocenters. The highest BCUT2D eigenvalue weighted by Gasteiger charge is 2.14. The van der Waals surface area contributed by atoms with Gasteiger partial charge < -0.3 is 16.4 Å². The van der Waals surface area contributed by atoms with Crippen molar-refractivity contribution in [2.75, 3.05) is 17.7 Å². The third kappa shape index (κ3) is 4.27. The Morgan fingerprint density at radius 2 is 2.17 bits per heavy atom. The number of nitrogens with one attached hydrogen (secondary N) is 2. The third-order valence-corrected chi connectivity index (χ3v) is 4.41. The predicted octanol–water partition coefficient (Wildman–Crippen LogP) is 3.42. The van der Waals surface area contributed by atoms with Crippen LogP contribution in [0.2, 0.25) is 5.02 Å². The lowest BCUT2D eigenvalue weighted by atomic mass is 10.2. The first-order chi connectivity index (χ1) is 14.0. The number of rotatable bonds is 5. The van der Waals surface area contributed by atoms with Gasteiger partial charge in [-0.15, -0.1) is 0 Å². The van der Waals surface area contributed by atoms with Crippen LogP contribution in [0, 0.1) is 6.92 Å². The maximum absolute atomic E-state index is 11.6. The number of amidine groups is 1. The Bertz CT molecular complexity index is 1150. The van der Waals surface area contributed by atoms with Crippen molar-refractivity contribution in [3.63, 3.8) is 0 Å². The number of carbonyl (C=O) groups excluding carboxylic acids is 1. The molecule has 9 heteroatoms. The van der Waals surface area contributed by atoms with Gasteiger partial charge >= 0.3 is 0 Å². The van der Waals surface area contributed by atoms with Crippen molar-refractivity contribution in [3.8, 4) is 5.82 Å². The summed E-state index contributed by atoms with van der Waals surface area (Å²) in [6.45, 7) is 5.44. The Morgan fingerprint density at radius 1 is 1.38 bits per heavy atom. The number of hydrogen-bond acceptors (Lipinski definition) is 5. The first-order valence-electron chi connectivity index (χ1n) is 8.67. The summed E-state index contributed by atoms with van der Waals surface area (Å²) in [4.78, 5) is 24.4. The molecule has 0 radical (unpaired) electrons. The summed E-state index contributed by atoms with van der Waals surface area (Å²) in [5.74, 6) is 1.09. The highest BCUT2D eigenvalue weighted by Crippen LogP contribution is 2.29. The first kappa shape index (κ1) is 20.1. The zero-order valence-corrected chi connectivity index (χ0v) is 16.7. The van der Waals surface area contributed by atoms with Crippen LogP contribution >= 0.6 is 11.6 Å². The van der Waals surface area contributed by atoms with Crippen LogP contribution in [0.25, 0.3) is 16.7 Å². The molecular formula is C20H20ClN7O. The summed E-state index contributed by atoms with van der Waals surface area (Å²) < 4.78 is 1.88. The number of benzene rings is 1. The van der Waals surface area contributed by atoms with Crippen molar-refractivity contribution >= 4 is 45.9 Å². The topological polar surface area (TPSA) is 110 Å². The van der Waals surface area contributed by atoms with E-state index in [1.54, 1.807) is 13.1 Å². The van der Waals surface area contributed by atoms with Gasteiger partial charge in [0.15, 0.2) is 5.82 Å². The van der Waals surface area contributed by atoms with E-state index in [0.29, 0.717) is 28.3 Å². The molecule has 8 nitrogen and oxygen atoms in total. The quantitative estimate of drug-likeness (QED) is 0.339. The summed E-state index contributed by atoms with van der Waals surface area (Å²) in [6.07, 6.45) is 7.65. The van der Waals surface area contributed by atoms with Gasteiger partial charge in [-0.3, -0.25) is 14.4 Å². The van der Waals surface area contributed by atoms with Crippen LogP contribution < -0.4 is 16.4 Å². The largest absolute Gasteiger partial charge is 0.404 e. The summed E-state index contributed by atoms with van der Waals surface area (Å²) >= 11 is 6.38. The molecule has 0 aliphatic rings. The fourth-order valence-corrected chi connectivity index (χ4v) is 2.99. The van der Waals surface area contributed by atoms with Gasteiger partial charge in [0.05, 0.1) is 11.7 Å². The fourth-order valence-electron chi connectivity index (χ4n) is 2.81. The Labute approximate surface area is 172 Å². The van der Waals surface area contributed by atoms with Crippen molar-refractivity contribution in [2.45, 2.75) is 6.92 Å². The van der Waals surface area contributed by atoms with E-state index in [9.17, 15) is 4.79 Å². The number of carbonyl (C=O) groups is 1. The minimum atomic E-state index is -0.268. The van der Waals surface area contributed by atoms with E-state index in [2.05, 4.69) is 32.2 Å². The molecule has 0 atom stereocenters. The smallest absolute Gasteiger partial charge is 0.247 e. The first-order valence-corrected chi connectivity index (χ1v) is 9.04. The molecule has 2 heterocycles. The minimum absolute atomic E-state index is 0.268. The molecule has 0 bridgehead atoms. The van der Waals surface area contributed by atoms with Crippen LogP contribution in [0.5, 0.6) is 0 Å². The van der Waals surface area contributed by atoms with Gasteiger partial charge in [-0.25, -0.2) is 4.98 Å². The van der Waals surface area contributed by atoms with E-state index in [-0.39, 0.29) is 5.91 Å². The number of halogens is 1. The van der Waals surface area contributed by atoms with E-state index in [1.165, 1.54) is 18.5 Å². The van der Waals surface area contributed by atoms with Crippen LogP contribution in [-0.2, 0) is 4.79 Å². The number of nitrogens with two attached hydrogens (primary N) is 1. The molecule has 0 saturated heterocycles. The molecule has 4 N–H and O–H groups in total. The molecule has 29 heavy (non-hydrogen) atoms. The molecule has 0 fully saturated rings. The second-order valence-corrected chi connectivity index (χ2v) is 6.47. The number of anilines is 2. The Morgan fingerprint density at radius 3 is 2.86 bits per heavy atom. The number of nitrogens with zero attached hydrogens (tertiary/aromatic N) is 4. The van der Waals surface area contributed by atoms with Crippen LogP contribution in [0.3, 0.4) is 0 Å². The van der Waals surface area contributed by atoms with Crippen molar-refractivity contribution < 1.29 is 4.79 Å². The number of hydrogen-bond donors (Lipinski definition) is 3. The van der Waals surface area contributed by atoms with Gasteiger partial charge in [0.2, 0.25) is 11.9 Å². The zero-order valence-electron chi connectivity index (χ0n) is 16.0. The number of amides is 1.